The molecule has 0 unspecified atom stereocenters. The molecule has 0 saturated carbocycles. The summed E-state index contributed by atoms with van der Waals surface area (Å²) < 4.78 is 23.3. The normalized spacial score (nSPS) is 13.3. The van der Waals surface area contributed by atoms with Crippen molar-refractivity contribution in [2.45, 2.75) is 58.4 Å². The van der Waals surface area contributed by atoms with Gasteiger partial charge in [-0.2, -0.15) is 0 Å². The average Bonchev–Trinajstić information content (AvgIpc) is 2.16. The Hall–Kier alpha value is -1.27. The second kappa shape index (κ2) is 5.50. The lowest BCUT2D eigenvalue weighted by atomic mass is 9.81. The Morgan fingerprint density at radius 1 is 1.14 bits per heavy atom. The molecule has 6 heteroatoms. The zero-order valence-electron chi connectivity index (χ0n) is 13.7. The van der Waals surface area contributed by atoms with Crippen molar-refractivity contribution < 1.29 is 8.42 Å². The van der Waals surface area contributed by atoms with Crippen LogP contribution in [0.2, 0.25) is 0 Å². The largest absolute Gasteiger partial charge is 0.399 e. The number of primary sulfonamides is 1. The Kier molecular flexibility index (Phi) is 4.65. The summed E-state index contributed by atoms with van der Waals surface area (Å²) in [5.41, 5.74) is 7.42. The Balaban J connectivity index is 3.24. The van der Waals surface area contributed by atoms with Crippen molar-refractivity contribution in [3.05, 3.63) is 17.7 Å². The quantitative estimate of drug-likeness (QED) is 0.744. The number of rotatable bonds is 4. The number of sulfonamides is 1. The highest BCUT2D eigenvalue weighted by molar-refractivity contribution is 7.89. The molecule has 1 aromatic carbocycles. The zero-order valence-corrected chi connectivity index (χ0v) is 14.6. The molecule has 0 radical (unpaired) electrons. The fourth-order valence-corrected chi connectivity index (χ4v) is 3.71. The fourth-order valence-electron chi connectivity index (χ4n) is 2.87. The maximum absolute atomic E-state index is 11.6. The molecule has 0 aromatic heterocycles. The van der Waals surface area contributed by atoms with E-state index < -0.39 is 10.0 Å². The van der Waals surface area contributed by atoms with E-state index in [2.05, 4.69) is 39.9 Å². The Labute approximate surface area is 128 Å². The molecule has 0 bridgehead atoms. The lowest BCUT2D eigenvalue weighted by Crippen LogP contribution is -2.35. The SMILES string of the molecule is Cc1c(NC(C)(C)CC(C)(C)C)cc(N)cc1S(N)(=O)=O. The van der Waals surface area contributed by atoms with Crippen molar-refractivity contribution in [2.75, 3.05) is 11.1 Å². The van der Waals surface area contributed by atoms with Gasteiger partial charge in [0.2, 0.25) is 10.0 Å². The van der Waals surface area contributed by atoms with Crippen molar-refractivity contribution >= 4 is 21.4 Å². The Morgan fingerprint density at radius 3 is 2.10 bits per heavy atom. The summed E-state index contributed by atoms with van der Waals surface area (Å²) in [5.74, 6) is 0. The fraction of sp³-hybridized carbons (Fsp3) is 0.600. The third-order valence-corrected chi connectivity index (χ3v) is 4.17. The highest BCUT2D eigenvalue weighted by atomic mass is 32.2. The van der Waals surface area contributed by atoms with Crippen LogP contribution in [0, 0.1) is 12.3 Å². The first-order chi connectivity index (χ1) is 9.21. The third-order valence-electron chi connectivity index (χ3n) is 3.13. The van der Waals surface area contributed by atoms with Crippen LogP contribution in [0.5, 0.6) is 0 Å². The third kappa shape index (κ3) is 5.21. The lowest BCUT2D eigenvalue weighted by Gasteiger charge is -2.35. The van der Waals surface area contributed by atoms with Gasteiger partial charge in [-0.3, -0.25) is 0 Å². The summed E-state index contributed by atoms with van der Waals surface area (Å²) in [6.45, 7) is 12.4. The summed E-state index contributed by atoms with van der Waals surface area (Å²) in [7, 11) is -3.79. The monoisotopic (exact) mass is 313 g/mol. The minimum absolute atomic E-state index is 0.0663. The van der Waals surface area contributed by atoms with Gasteiger partial charge in [-0.25, -0.2) is 13.6 Å². The Bertz CT molecular complexity index is 629. The molecule has 0 atom stereocenters. The molecule has 0 amide bonds. The van der Waals surface area contributed by atoms with Gasteiger partial charge in [0.15, 0.2) is 0 Å². The first-order valence-electron chi connectivity index (χ1n) is 6.92. The summed E-state index contributed by atoms with van der Waals surface area (Å²) in [6, 6.07) is 3.14. The predicted octanol–water partition coefficient (Wildman–Crippen LogP) is 2.85. The van der Waals surface area contributed by atoms with E-state index in [1.807, 2.05) is 0 Å². The van der Waals surface area contributed by atoms with E-state index in [4.69, 9.17) is 10.9 Å². The van der Waals surface area contributed by atoms with E-state index in [0.717, 1.165) is 6.42 Å². The second-order valence-corrected chi connectivity index (χ2v) is 9.01. The molecule has 5 N–H and O–H groups in total. The number of nitrogen functional groups attached to an aromatic ring is 1. The first kappa shape index (κ1) is 17.8. The van der Waals surface area contributed by atoms with Gasteiger partial charge < -0.3 is 11.1 Å². The summed E-state index contributed by atoms with van der Waals surface area (Å²) in [6.07, 6.45) is 0.916. The van der Waals surface area contributed by atoms with Gasteiger partial charge in [0.25, 0.3) is 0 Å². The lowest BCUT2D eigenvalue weighted by molar-refractivity contribution is 0.302. The molecule has 0 saturated heterocycles. The van der Waals surface area contributed by atoms with Gasteiger partial charge in [-0.15, -0.1) is 0 Å². The van der Waals surface area contributed by atoms with Crippen molar-refractivity contribution in [1.29, 1.82) is 0 Å². The van der Waals surface area contributed by atoms with E-state index in [-0.39, 0.29) is 15.8 Å². The molecule has 5 nitrogen and oxygen atoms in total. The van der Waals surface area contributed by atoms with Gasteiger partial charge in [0.05, 0.1) is 4.90 Å². The summed E-state index contributed by atoms with van der Waals surface area (Å²) >= 11 is 0. The molecule has 0 aliphatic carbocycles. The van der Waals surface area contributed by atoms with Crippen LogP contribution in [0.3, 0.4) is 0 Å². The standard InChI is InChI=1S/C15H27N3O2S/c1-10-12(18-15(5,6)9-14(2,3)4)7-11(16)8-13(10)21(17,19)20/h7-8,18H,9,16H2,1-6H3,(H2,17,19,20). The molecule has 0 aliphatic heterocycles. The molecular formula is C15H27N3O2S. The highest BCUT2D eigenvalue weighted by Gasteiger charge is 2.26. The van der Waals surface area contributed by atoms with E-state index in [9.17, 15) is 8.42 Å². The van der Waals surface area contributed by atoms with Crippen molar-refractivity contribution in [3.8, 4) is 0 Å². The summed E-state index contributed by atoms with van der Waals surface area (Å²) in [5, 5.41) is 8.65. The van der Waals surface area contributed by atoms with Crippen molar-refractivity contribution in [3.63, 3.8) is 0 Å². The van der Waals surface area contributed by atoms with E-state index in [0.29, 0.717) is 16.9 Å². The first-order valence-corrected chi connectivity index (χ1v) is 8.47. The van der Waals surface area contributed by atoms with Gasteiger partial charge in [-0.1, -0.05) is 20.8 Å². The molecule has 0 fully saturated rings. The van der Waals surface area contributed by atoms with Crippen LogP contribution in [0.15, 0.2) is 17.0 Å². The number of nitrogens with two attached hydrogens (primary N) is 2. The molecular weight excluding hydrogens is 286 g/mol. The molecule has 1 rings (SSSR count). The maximum Gasteiger partial charge on any atom is 0.238 e. The van der Waals surface area contributed by atoms with Crippen molar-refractivity contribution in [1.82, 2.24) is 0 Å². The van der Waals surface area contributed by atoms with Crippen LogP contribution < -0.4 is 16.2 Å². The summed E-state index contributed by atoms with van der Waals surface area (Å²) in [4.78, 5) is 0.0663. The number of hydrogen-bond donors (Lipinski definition) is 3. The second-order valence-electron chi connectivity index (χ2n) is 7.48. The average molecular weight is 313 g/mol. The molecule has 1 aromatic rings. The Morgan fingerprint density at radius 2 is 1.67 bits per heavy atom. The number of hydrogen-bond acceptors (Lipinski definition) is 4. The molecule has 21 heavy (non-hydrogen) atoms. The predicted molar refractivity (Wildman–Crippen MR) is 88.7 cm³/mol. The molecule has 0 spiro atoms. The smallest absolute Gasteiger partial charge is 0.238 e. The van der Waals surface area contributed by atoms with Crippen LogP contribution in [-0.4, -0.2) is 14.0 Å². The number of benzene rings is 1. The van der Waals surface area contributed by atoms with Crippen LogP contribution in [-0.2, 0) is 10.0 Å². The van der Waals surface area contributed by atoms with E-state index in [1.54, 1.807) is 13.0 Å². The van der Waals surface area contributed by atoms with E-state index >= 15 is 0 Å². The minimum atomic E-state index is -3.79. The van der Waals surface area contributed by atoms with Gasteiger partial charge >= 0.3 is 0 Å². The van der Waals surface area contributed by atoms with Gasteiger partial charge in [0.1, 0.15) is 0 Å². The maximum atomic E-state index is 11.6. The topological polar surface area (TPSA) is 98.2 Å². The van der Waals surface area contributed by atoms with Gasteiger partial charge in [-0.05, 0) is 50.3 Å². The van der Waals surface area contributed by atoms with Crippen LogP contribution >= 0.6 is 0 Å². The zero-order chi connectivity index (χ0) is 16.6. The number of anilines is 2. The molecule has 0 heterocycles. The van der Waals surface area contributed by atoms with Gasteiger partial charge in [0, 0.05) is 16.9 Å². The molecule has 0 aliphatic rings. The van der Waals surface area contributed by atoms with Crippen molar-refractivity contribution in [2.24, 2.45) is 10.6 Å². The minimum Gasteiger partial charge on any atom is -0.399 e. The van der Waals surface area contributed by atoms with Crippen LogP contribution in [0.1, 0.15) is 46.6 Å². The van der Waals surface area contributed by atoms with Crippen LogP contribution in [0.4, 0.5) is 11.4 Å². The highest BCUT2D eigenvalue weighted by Crippen LogP contribution is 2.33. The molecule has 120 valence electrons. The van der Waals surface area contributed by atoms with E-state index in [1.165, 1.54) is 6.07 Å². The van der Waals surface area contributed by atoms with Crippen LogP contribution in [0.25, 0.3) is 0 Å². The number of nitrogens with one attached hydrogen (secondary N) is 1.